The van der Waals surface area contributed by atoms with E-state index in [-0.39, 0.29) is 6.04 Å². The van der Waals surface area contributed by atoms with Crippen LogP contribution in [-0.2, 0) is 0 Å². The van der Waals surface area contributed by atoms with Gasteiger partial charge in [-0.2, -0.15) is 5.10 Å². The predicted molar refractivity (Wildman–Crippen MR) is 105 cm³/mol. The highest BCUT2D eigenvalue weighted by Gasteiger charge is 2.15. The Kier molecular flexibility index (Phi) is 5.09. The number of hydrogen-bond acceptors (Lipinski definition) is 3. The van der Waals surface area contributed by atoms with Gasteiger partial charge < -0.3 is 10.2 Å². The number of nitrogens with one attached hydrogen (secondary N) is 1. The summed E-state index contributed by atoms with van der Waals surface area (Å²) in [5, 5.41) is 8.17. The maximum atomic E-state index is 5.58. The van der Waals surface area contributed by atoms with Gasteiger partial charge in [-0.15, -0.1) is 0 Å². The Morgan fingerprint density at radius 1 is 1.16 bits per heavy atom. The molecular formula is C19H21N5S. The number of rotatable bonds is 4. The summed E-state index contributed by atoms with van der Waals surface area (Å²) < 4.78 is 1.74. The van der Waals surface area contributed by atoms with Gasteiger partial charge in [-0.3, -0.25) is 0 Å². The van der Waals surface area contributed by atoms with Crippen LogP contribution < -0.4 is 5.32 Å². The molecule has 0 saturated heterocycles. The second-order valence-electron chi connectivity index (χ2n) is 5.96. The van der Waals surface area contributed by atoms with Crippen molar-refractivity contribution in [1.29, 1.82) is 0 Å². The quantitative estimate of drug-likeness (QED) is 0.721. The van der Waals surface area contributed by atoms with Gasteiger partial charge >= 0.3 is 0 Å². The standard InChI is InChI=1S/C19H21N5S/c1-14-6-4-5-7-18(14)22-19(25)23(3)15(2)16-8-10-17(11-9-16)24-13-20-12-21-24/h4-13,15H,1-3H3,(H,22,25)/t15-/m1/s1. The fourth-order valence-electron chi connectivity index (χ4n) is 2.56. The summed E-state index contributed by atoms with van der Waals surface area (Å²) in [5.74, 6) is 0. The minimum Gasteiger partial charge on any atom is -0.345 e. The van der Waals surface area contributed by atoms with Gasteiger partial charge in [-0.25, -0.2) is 9.67 Å². The first-order chi connectivity index (χ1) is 12.1. The van der Waals surface area contributed by atoms with E-state index in [1.54, 1.807) is 11.0 Å². The fraction of sp³-hybridized carbons (Fsp3) is 0.211. The summed E-state index contributed by atoms with van der Waals surface area (Å²) in [6.45, 7) is 4.20. The topological polar surface area (TPSA) is 46.0 Å². The molecule has 3 aromatic rings. The Bertz CT molecular complexity index is 843. The second-order valence-corrected chi connectivity index (χ2v) is 6.35. The number of aryl methyl sites for hydroxylation is 1. The van der Waals surface area contributed by atoms with Crippen molar-refractivity contribution in [3.05, 3.63) is 72.3 Å². The molecule has 0 unspecified atom stereocenters. The van der Waals surface area contributed by atoms with E-state index in [4.69, 9.17) is 12.2 Å². The molecule has 0 aliphatic carbocycles. The van der Waals surface area contributed by atoms with E-state index in [9.17, 15) is 0 Å². The van der Waals surface area contributed by atoms with Gasteiger partial charge in [0.25, 0.3) is 0 Å². The van der Waals surface area contributed by atoms with Crippen molar-refractivity contribution in [2.45, 2.75) is 19.9 Å². The van der Waals surface area contributed by atoms with E-state index in [1.807, 2.05) is 37.4 Å². The zero-order valence-corrected chi connectivity index (χ0v) is 15.4. The van der Waals surface area contributed by atoms with Crippen molar-refractivity contribution in [3.8, 4) is 5.69 Å². The summed E-state index contributed by atoms with van der Waals surface area (Å²) >= 11 is 5.58. The lowest BCUT2D eigenvalue weighted by Gasteiger charge is -2.28. The molecule has 1 atom stereocenters. The van der Waals surface area contributed by atoms with E-state index in [0.717, 1.165) is 11.4 Å². The van der Waals surface area contributed by atoms with Crippen molar-refractivity contribution in [3.63, 3.8) is 0 Å². The number of thiocarbonyl (C=S) groups is 1. The molecule has 0 bridgehead atoms. The molecule has 128 valence electrons. The second kappa shape index (κ2) is 7.44. The first-order valence-electron chi connectivity index (χ1n) is 8.10. The maximum Gasteiger partial charge on any atom is 0.173 e. The number of para-hydroxylation sites is 1. The van der Waals surface area contributed by atoms with Crippen LogP contribution in [0.3, 0.4) is 0 Å². The lowest BCUT2D eigenvalue weighted by atomic mass is 10.1. The molecule has 25 heavy (non-hydrogen) atoms. The summed E-state index contributed by atoms with van der Waals surface area (Å²) in [5.41, 5.74) is 4.37. The van der Waals surface area contributed by atoms with Crippen LogP contribution in [0.4, 0.5) is 5.69 Å². The number of anilines is 1. The van der Waals surface area contributed by atoms with Crippen LogP contribution >= 0.6 is 12.2 Å². The van der Waals surface area contributed by atoms with Crippen LogP contribution in [0.25, 0.3) is 5.69 Å². The number of aromatic nitrogens is 3. The number of hydrogen-bond donors (Lipinski definition) is 1. The van der Waals surface area contributed by atoms with E-state index >= 15 is 0 Å². The first-order valence-corrected chi connectivity index (χ1v) is 8.51. The van der Waals surface area contributed by atoms with Crippen molar-refractivity contribution in [2.75, 3.05) is 12.4 Å². The summed E-state index contributed by atoms with van der Waals surface area (Å²) in [6.07, 6.45) is 3.21. The van der Waals surface area contributed by atoms with E-state index in [2.05, 4.69) is 52.3 Å². The van der Waals surface area contributed by atoms with Gasteiger partial charge in [-0.05, 0) is 55.4 Å². The Hall–Kier alpha value is -2.73. The molecule has 0 radical (unpaired) electrons. The van der Waals surface area contributed by atoms with Crippen molar-refractivity contribution in [2.24, 2.45) is 0 Å². The Morgan fingerprint density at radius 2 is 1.88 bits per heavy atom. The average molecular weight is 351 g/mol. The molecule has 0 spiro atoms. The molecule has 0 amide bonds. The molecule has 0 saturated carbocycles. The molecule has 6 heteroatoms. The summed E-state index contributed by atoms with van der Waals surface area (Å²) in [6, 6.07) is 16.5. The molecule has 0 fully saturated rings. The van der Waals surface area contributed by atoms with Crippen molar-refractivity contribution < 1.29 is 0 Å². The minimum absolute atomic E-state index is 0.147. The molecular weight excluding hydrogens is 330 g/mol. The Morgan fingerprint density at radius 3 is 2.52 bits per heavy atom. The predicted octanol–water partition coefficient (Wildman–Crippen LogP) is 3.97. The molecule has 1 aromatic heterocycles. The van der Waals surface area contributed by atoms with Crippen LogP contribution in [0.2, 0.25) is 0 Å². The molecule has 0 aliphatic rings. The SMILES string of the molecule is Cc1ccccc1NC(=S)N(C)[C@H](C)c1ccc(-n2cncn2)cc1. The van der Waals surface area contributed by atoms with Gasteiger partial charge in [0, 0.05) is 12.7 Å². The molecule has 5 nitrogen and oxygen atoms in total. The van der Waals surface area contributed by atoms with Gasteiger partial charge in [0.15, 0.2) is 5.11 Å². The van der Waals surface area contributed by atoms with Crippen LogP contribution in [-0.4, -0.2) is 31.8 Å². The van der Waals surface area contributed by atoms with Crippen LogP contribution in [0.15, 0.2) is 61.2 Å². The fourth-order valence-corrected chi connectivity index (χ4v) is 2.83. The third-order valence-corrected chi connectivity index (χ3v) is 4.74. The summed E-state index contributed by atoms with van der Waals surface area (Å²) in [7, 11) is 2.00. The average Bonchev–Trinajstić information content (AvgIpc) is 3.17. The summed E-state index contributed by atoms with van der Waals surface area (Å²) in [4.78, 5) is 6.03. The van der Waals surface area contributed by atoms with Gasteiger partial charge in [-0.1, -0.05) is 30.3 Å². The Labute approximate surface area is 153 Å². The zero-order chi connectivity index (χ0) is 17.8. The highest BCUT2D eigenvalue weighted by Crippen LogP contribution is 2.22. The smallest absolute Gasteiger partial charge is 0.173 e. The molecule has 3 rings (SSSR count). The highest BCUT2D eigenvalue weighted by molar-refractivity contribution is 7.80. The first kappa shape index (κ1) is 17.1. The molecule has 0 aliphatic heterocycles. The van der Waals surface area contributed by atoms with Gasteiger partial charge in [0.1, 0.15) is 12.7 Å². The largest absolute Gasteiger partial charge is 0.345 e. The highest BCUT2D eigenvalue weighted by atomic mass is 32.1. The van der Waals surface area contributed by atoms with E-state index in [0.29, 0.717) is 5.11 Å². The van der Waals surface area contributed by atoms with Crippen LogP contribution in [0.1, 0.15) is 24.1 Å². The third-order valence-electron chi connectivity index (χ3n) is 4.35. The molecule has 1 heterocycles. The van der Waals surface area contributed by atoms with E-state index < -0.39 is 0 Å². The van der Waals surface area contributed by atoms with Gasteiger partial charge in [0.05, 0.1) is 11.7 Å². The third kappa shape index (κ3) is 3.85. The van der Waals surface area contributed by atoms with Crippen molar-refractivity contribution >= 4 is 23.0 Å². The minimum atomic E-state index is 0.147. The Balaban J connectivity index is 1.70. The molecule has 1 N–H and O–H groups in total. The lowest BCUT2D eigenvalue weighted by molar-refractivity contribution is 0.408. The zero-order valence-electron chi connectivity index (χ0n) is 14.5. The molecule has 2 aromatic carbocycles. The van der Waals surface area contributed by atoms with Crippen LogP contribution in [0, 0.1) is 6.92 Å². The van der Waals surface area contributed by atoms with Crippen molar-refractivity contribution in [1.82, 2.24) is 19.7 Å². The number of benzene rings is 2. The normalized spacial score (nSPS) is 11.8. The maximum absolute atomic E-state index is 5.58. The number of nitrogens with zero attached hydrogens (tertiary/aromatic N) is 4. The van der Waals surface area contributed by atoms with Gasteiger partial charge in [0.2, 0.25) is 0 Å². The monoisotopic (exact) mass is 351 g/mol. The van der Waals surface area contributed by atoms with E-state index in [1.165, 1.54) is 17.5 Å². The lowest BCUT2D eigenvalue weighted by Crippen LogP contribution is -2.33. The van der Waals surface area contributed by atoms with Crippen LogP contribution in [0.5, 0.6) is 0 Å².